The van der Waals surface area contributed by atoms with Crippen molar-refractivity contribution in [1.29, 1.82) is 0 Å². The first-order valence-corrected chi connectivity index (χ1v) is 5.90. The Bertz CT molecular complexity index is 361. The Hall–Kier alpha value is -0.480. The van der Waals surface area contributed by atoms with Gasteiger partial charge in [-0.3, -0.25) is 9.59 Å². The molecular formula is C10H8Br2O2. The summed E-state index contributed by atoms with van der Waals surface area (Å²) in [6, 6.07) is 5.30. The van der Waals surface area contributed by atoms with Crippen LogP contribution >= 0.6 is 31.9 Å². The molecule has 4 heteroatoms. The Morgan fingerprint density at radius 3 is 2.71 bits per heavy atom. The second-order valence-electron chi connectivity index (χ2n) is 2.77. The zero-order valence-electron chi connectivity index (χ0n) is 7.30. The standard InChI is InChI=1S/C10H8Br2O2/c11-5-8(14)4-9-7(6-13)2-1-3-10(9)12/h1-3,6H,4-5H2. The molecule has 0 amide bonds. The molecule has 0 heterocycles. The predicted molar refractivity (Wildman–Crippen MR) is 62.0 cm³/mol. The Balaban J connectivity index is 3.04. The van der Waals surface area contributed by atoms with E-state index in [0.717, 1.165) is 16.3 Å². The van der Waals surface area contributed by atoms with Crippen molar-refractivity contribution in [2.75, 3.05) is 5.33 Å². The molecule has 0 saturated carbocycles. The molecule has 0 aliphatic carbocycles. The third kappa shape index (κ3) is 2.75. The van der Waals surface area contributed by atoms with Crippen LogP contribution in [-0.2, 0) is 11.2 Å². The second-order valence-corrected chi connectivity index (χ2v) is 4.19. The molecule has 0 atom stereocenters. The van der Waals surface area contributed by atoms with Crippen LogP contribution < -0.4 is 0 Å². The zero-order valence-corrected chi connectivity index (χ0v) is 10.5. The first kappa shape index (κ1) is 11.6. The number of hydrogen-bond acceptors (Lipinski definition) is 2. The van der Waals surface area contributed by atoms with Crippen LogP contribution in [0.2, 0.25) is 0 Å². The molecule has 1 rings (SSSR count). The third-order valence-electron chi connectivity index (χ3n) is 1.81. The summed E-state index contributed by atoms with van der Waals surface area (Å²) < 4.78 is 0.802. The maximum atomic E-state index is 11.2. The summed E-state index contributed by atoms with van der Waals surface area (Å²) in [7, 11) is 0. The first-order valence-electron chi connectivity index (χ1n) is 3.99. The number of Topliss-reactive ketones (excluding diaryl/α,β-unsaturated/α-hetero) is 1. The Kier molecular flexibility index (Phi) is 4.48. The Morgan fingerprint density at radius 1 is 1.43 bits per heavy atom. The van der Waals surface area contributed by atoms with Crippen molar-refractivity contribution in [2.24, 2.45) is 0 Å². The quantitative estimate of drug-likeness (QED) is 0.631. The lowest BCUT2D eigenvalue weighted by Gasteiger charge is -2.05. The highest BCUT2D eigenvalue weighted by atomic mass is 79.9. The summed E-state index contributed by atoms with van der Waals surface area (Å²) in [6.07, 6.45) is 1.04. The van der Waals surface area contributed by atoms with Crippen LogP contribution in [0.15, 0.2) is 22.7 Å². The van der Waals surface area contributed by atoms with Gasteiger partial charge in [0.1, 0.15) is 12.1 Å². The van der Waals surface area contributed by atoms with Crippen LogP contribution in [0.5, 0.6) is 0 Å². The molecular weight excluding hydrogens is 312 g/mol. The molecule has 0 saturated heterocycles. The smallest absolute Gasteiger partial charge is 0.150 e. The second kappa shape index (κ2) is 5.41. The minimum Gasteiger partial charge on any atom is -0.298 e. The molecule has 0 bridgehead atoms. The van der Waals surface area contributed by atoms with E-state index in [1.807, 2.05) is 6.07 Å². The molecule has 0 aliphatic heterocycles. The molecule has 14 heavy (non-hydrogen) atoms. The van der Waals surface area contributed by atoms with Gasteiger partial charge in [0, 0.05) is 16.5 Å². The lowest BCUT2D eigenvalue weighted by atomic mass is 10.0. The van der Waals surface area contributed by atoms with E-state index in [-0.39, 0.29) is 12.2 Å². The third-order valence-corrected chi connectivity index (χ3v) is 3.17. The van der Waals surface area contributed by atoms with E-state index >= 15 is 0 Å². The molecule has 0 N–H and O–H groups in total. The molecule has 74 valence electrons. The highest BCUT2D eigenvalue weighted by Crippen LogP contribution is 2.20. The van der Waals surface area contributed by atoms with Gasteiger partial charge < -0.3 is 0 Å². The van der Waals surface area contributed by atoms with Gasteiger partial charge in [-0.15, -0.1) is 0 Å². The maximum Gasteiger partial charge on any atom is 0.150 e. The van der Waals surface area contributed by atoms with Crippen molar-refractivity contribution < 1.29 is 9.59 Å². The largest absolute Gasteiger partial charge is 0.298 e. The lowest BCUT2D eigenvalue weighted by Crippen LogP contribution is -2.06. The summed E-state index contributed by atoms with van der Waals surface area (Å²) in [5.41, 5.74) is 1.32. The van der Waals surface area contributed by atoms with Crippen LogP contribution in [0.1, 0.15) is 15.9 Å². The van der Waals surface area contributed by atoms with E-state index in [9.17, 15) is 9.59 Å². The van der Waals surface area contributed by atoms with Gasteiger partial charge in [-0.05, 0) is 11.6 Å². The molecule has 0 unspecified atom stereocenters. The van der Waals surface area contributed by atoms with Gasteiger partial charge in [0.25, 0.3) is 0 Å². The van der Waals surface area contributed by atoms with Gasteiger partial charge >= 0.3 is 0 Å². The normalized spacial score (nSPS) is 9.86. The maximum absolute atomic E-state index is 11.2. The summed E-state index contributed by atoms with van der Waals surface area (Å²) in [6.45, 7) is 0. The van der Waals surface area contributed by atoms with Crippen molar-refractivity contribution in [1.82, 2.24) is 0 Å². The van der Waals surface area contributed by atoms with Crippen molar-refractivity contribution in [3.63, 3.8) is 0 Å². The fourth-order valence-electron chi connectivity index (χ4n) is 1.12. The van der Waals surface area contributed by atoms with Crippen LogP contribution in [0.4, 0.5) is 0 Å². The number of alkyl halides is 1. The predicted octanol–water partition coefficient (Wildman–Crippen LogP) is 2.77. The van der Waals surface area contributed by atoms with Gasteiger partial charge in [0.2, 0.25) is 0 Å². The van der Waals surface area contributed by atoms with Crippen LogP contribution in [0.3, 0.4) is 0 Å². The lowest BCUT2D eigenvalue weighted by molar-refractivity contribution is -0.115. The van der Waals surface area contributed by atoms with E-state index in [2.05, 4.69) is 31.9 Å². The van der Waals surface area contributed by atoms with Gasteiger partial charge in [0.15, 0.2) is 0 Å². The number of aldehydes is 1. The molecule has 0 spiro atoms. The molecule has 0 aromatic heterocycles. The number of rotatable bonds is 4. The van der Waals surface area contributed by atoms with Crippen molar-refractivity contribution in [2.45, 2.75) is 6.42 Å². The fourth-order valence-corrected chi connectivity index (χ4v) is 1.84. The summed E-state index contributed by atoms with van der Waals surface area (Å²) in [5, 5.41) is 0.312. The van der Waals surface area contributed by atoms with Crippen LogP contribution in [-0.4, -0.2) is 17.4 Å². The Morgan fingerprint density at radius 2 is 2.14 bits per heavy atom. The SMILES string of the molecule is O=Cc1cccc(Br)c1CC(=O)CBr. The van der Waals surface area contributed by atoms with E-state index in [0.29, 0.717) is 10.9 Å². The number of ketones is 1. The molecule has 0 radical (unpaired) electrons. The van der Waals surface area contributed by atoms with Crippen LogP contribution in [0.25, 0.3) is 0 Å². The minimum atomic E-state index is 0.0556. The topological polar surface area (TPSA) is 34.1 Å². The highest BCUT2D eigenvalue weighted by Gasteiger charge is 2.09. The molecule has 1 aromatic carbocycles. The molecule has 0 aliphatic rings. The molecule has 0 fully saturated rings. The van der Waals surface area contributed by atoms with Crippen molar-refractivity contribution >= 4 is 43.9 Å². The fraction of sp³-hybridized carbons (Fsp3) is 0.200. The molecule has 2 nitrogen and oxygen atoms in total. The van der Waals surface area contributed by atoms with E-state index in [1.54, 1.807) is 12.1 Å². The minimum absolute atomic E-state index is 0.0556. The van der Waals surface area contributed by atoms with E-state index in [1.165, 1.54) is 0 Å². The van der Waals surface area contributed by atoms with E-state index < -0.39 is 0 Å². The van der Waals surface area contributed by atoms with Crippen molar-refractivity contribution in [3.05, 3.63) is 33.8 Å². The number of benzene rings is 1. The van der Waals surface area contributed by atoms with Crippen molar-refractivity contribution in [3.8, 4) is 0 Å². The Labute approximate surface area is 98.9 Å². The number of halogens is 2. The highest BCUT2D eigenvalue weighted by molar-refractivity contribution is 9.10. The summed E-state index contributed by atoms with van der Waals surface area (Å²) in [5.74, 6) is 0.0556. The zero-order chi connectivity index (χ0) is 10.6. The summed E-state index contributed by atoms with van der Waals surface area (Å²) in [4.78, 5) is 21.9. The monoisotopic (exact) mass is 318 g/mol. The number of hydrogen-bond donors (Lipinski definition) is 0. The van der Waals surface area contributed by atoms with Gasteiger partial charge in [-0.2, -0.15) is 0 Å². The van der Waals surface area contributed by atoms with Crippen LogP contribution in [0, 0.1) is 0 Å². The van der Waals surface area contributed by atoms with E-state index in [4.69, 9.17) is 0 Å². The van der Waals surface area contributed by atoms with Gasteiger partial charge in [-0.25, -0.2) is 0 Å². The van der Waals surface area contributed by atoms with Gasteiger partial charge in [0.05, 0.1) is 5.33 Å². The van der Waals surface area contributed by atoms with Gasteiger partial charge in [-0.1, -0.05) is 44.0 Å². The molecule has 1 aromatic rings. The number of carbonyl (C=O) groups is 2. The first-order chi connectivity index (χ1) is 6.69. The average molecular weight is 320 g/mol. The number of carbonyl (C=O) groups excluding carboxylic acids is 2. The summed E-state index contributed by atoms with van der Waals surface area (Å²) >= 11 is 6.41. The average Bonchev–Trinajstić information content (AvgIpc) is 2.20.